The number of rotatable bonds is 3. The van der Waals surface area contributed by atoms with E-state index in [0.717, 1.165) is 30.0 Å². The van der Waals surface area contributed by atoms with E-state index in [1.54, 1.807) is 0 Å². The molecule has 1 fully saturated rings. The second-order valence-corrected chi connectivity index (χ2v) is 5.30. The first-order valence-electron chi connectivity index (χ1n) is 6.74. The predicted octanol–water partition coefficient (Wildman–Crippen LogP) is 3.52. The molecule has 3 N–H and O–H groups in total. The maximum absolute atomic E-state index is 10.4. The number of hydrogen-bond acceptors (Lipinski definition) is 2. The highest BCUT2D eigenvalue weighted by Gasteiger charge is 2.26. The average molecular weight is 233 g/mol. The minimum absolute atomic E-state index is 0.312. The van der Waals surface area contributed by atoms with Gasteiger partial charge >= 0.3 is 0 Å². The van der Waals surface area contributed by atoms with Crippen LogP contribution >= 0.6 is 0 Å². The van der Waals surface area contributed by atoms with Crippen LogP contribution in [-0.4, -0.2) is 5.11 Å². The lowest BCUT2D eigenvalue weighted by atomic mass is 9.77. The zero-order chi connectivity index (χ0) is 12.3. The summed E-state index contributed by atoms with van der Waals surface area (Å²) in [5.41, 5.74) is 7.43. The van der Waals surface area contributed by atoms with Crippen LogP contribution in [0.2, 0.25) is 0 Å². The van der Waals surface area contributed by atoms with Crippen LogP contribution in [-0.2, 0) is 0 Å². The van der Waals surface area contributed by atoms with Gasteiger partial charge in [-0.05, 0) is 42.4 Å². The second-order valence-electron chi connectivity index (χ2n) is 5.30. The van der Waals surface area contributed by atoms with E-state index in [4.69, 9.17) is 5.73 Å². The maximum Gasteiger partial charge on any atom is 0.0818 e. The number of nitrogen functional groups attached to an aromatic ring is 1. The summed E-state index contributed by atoms with van der Waals surface area (Å²) in [5, 5.41) is 10.4. The molecule has 0 aliphatic heterocycles. The third-order valence-electron chi connectivity index (χ3n) is 4.19. The summed E-state index contributed by atoms with van der Waals surface area (Å²) in [4.78, 5) is 0. The number of nitrogens with two attached hydrogens (primary N) is 1. The highest BCUT2D eigenvalue weighted by atomic mass is 16.3. The van der Waals surface area contributed by atoms with Crippen molar-refractivity contribution >= 4 is 5.69 Å². The molecule has 2 heteroatoms. The van der Waals surface area contributed by atoms with Crippen LogP contribution in [0.25, 0.3) is 0 Å². The van der Waals surface area contributed by atoms with Gasteiger partial charge in [0.2, 0.25) is 0 Å². The standard InChI is InChI=1S/C15H23NO/c1-2-11-3-5-12(6-4-11)15(17)13-7-9-14(16)10-8-13/h7-12,15,17H,2-6,16H2,1H3. The molecule has 17 heavy (non-hydrogen) atoms. The van der Waals surface area contributed by atoms with E-state index in [1.807, 2.05) is 24.3 Å². The Balaban J connectivity index is 1.96. The van der Waals surface area contributed by atoms with Gasteiger partial charge in [-0.2, -0.15) is 0 Å². The highest BCUT2D eigenvalue weighted by Crippen LogP contribution is 2.37. The van der Waals surface area contributed by atoms with Gasteiger partial charge in [0.15, 0.2) is 0 Å². The monoisotopic (exact) mass is 233 g/mol. The number of aliphatic hydroxyl groups excluding tert-OH is 1. The van der Waals surface area contributed by atoms with Gasteiger partial charge in [0.25, 0.3) is 0 Å². The van der Waals surface area contributed by atoms with Crippen molar-refractivity contribution in [3.8, 4) is 0 Å². The molecule has 0 spiro atoms. The average Bonchev–Trinajstić information content (AvgIpc) is 2.39. The van der Waals surface area contributed by atoms with Crippen LogP contribution in [0.3, 0.4) is 0 Å². The Morgan fingerprint density at radius 3 is 2.29 bits per heavy atom. The Morgan fingerprint density at radius 1 is 1.18 bits per heavy atom. The molecule has 0 bridgehead atoms. The van der Waals surface area contributed by atoms with Gasteiger partial charge in [-0.25, -0.2) is 0 Å². The predicted molar refractivity (Wildman–Crippen MR) is 71.6 cm³/mol. The molecule has 1 aliphatic carbocycles. The summed E-state index contributed by atoms with van der Waals surface area (Å²) in [6.07, 6.45) is 5.83. The van der Waals surface area contributed by atoms with E-state index in [-0.39, 0.29) is 6.10 Å². The minimum Gasteiger partial charge on any atom is -0.399 e. The summed E-state index contributed by atoms with van der Waals surface area (Å²) in [6.45, 7) is 2.27. The fourth-order valence-corrected chi connectivity index (χ4v) is 2.88. The number of aliphatic hydroxyl groups is 1. The first kappa shape index (κ1) is 12.4. The summed E-state index contributed by atoms with van der Waals surface area (Å²) >= 11 is 0. The van der Waals surface area contributed by atoms with Gasteiger partial charge < -0.3 is 10.8 Å². The van der Waals surface area contributed by atoms with Gasteiger partial charge in [0.1, 0.15) is 0 Å². The van der Waals surface area contributed by atoms with Gasteiger partial charge in [-0.3, -0.25) is 0 Å². The zero-order valence-corrected chi connectivity index (χ0v) is 10.6. The molecule has 1 aromatic carbocycles. The van der Waals surface area contributed by atoms with Crippen molar-refractivity contribution in [1.29, 1.82) is 0 Å². The fraction of sp³-hybridized carbons (Fsp3) is 0.600. The topological polar surface area (TPSA) is 46.2 Å². The van der Waals surface area contributed by atoms with Crippen LogP contribution in [0.5, 0.6) is 0 Å². The van der Waals surface area contributed by atoms with E-state index in [0.29, 0.717) is 5.92 Å². The highest BCUT2D eigenvalue weighted by molar-refractivity contribution is 5.39. The summed E-state index contributed by atoms with van der Waals surface area (Å²) < 4.78 is 0. The molecule has 0 aromatic heterocycles. The summed E-state index contributed by atoms with van der Waals surface area (Å²) in [7, 11) is 0. The van der Waals surface area contributed by atoms with Gasteiger partial charge in [0, 0.05) is 5.69 Å². The lowest BCUT2D eigenvalue weighted by Gasteiger charge is -2.31. The molecule has 0 amide bonds. The molecule has 2 nitrogen and oxygen atoms in total. The van der Waals surface area contributed by atoms with Crippen molar-refractivity contribution in [3.05, 3.63) is 29.8 Å². The summed E-state index contributed by atoms with van der Waals surface area (Å²) in [6, 6.07) is 7.64. The SMILES string of the molecule is CCC1CCC(C(O)c2ccc(N)cc2)CC1. The van der Waals surface area contributed by atoms with Crippen LogP contribution in [0, 0.1) is 11.8 Å². The first-order chi connectivity index (χ1) is 8.20. The molecule has 2 rings (SSSR count). The Labute approximate surface area is 104 Å². The van der Waals surface area contributed by atoms with Crippen molar-refractivity contribution < 1.29 is 5.11 Å². The number of hydrogen-bond donors (Lipinski definition) is 2. The van der Waals surface area contributed by atoms with Crippen LogP contribution in [0.4, 0.5) is 5.69 Å². The maximum atomic E-state index is 10.4. The third kappa shape index (κ3) is 3.01. The first-order valence-corrected chi connectivity index (χ1v) is 6.74. The smallest absolute Gasteiger partial charge is 0.0818 e. The molecule has 1 atom stereocenters. The molecule has 0 heterocycles. The third-order valence-corrected chi connectivity index (χ3v) is 4.19. The molecule has 1 unspecified atom stereocenters. The Bertz CT molecular complexity index is 338. The Morgan fingerprint density at radius 2 is 1.76 bits per heavy atom. The van der Waals surface area contributed by atoms with E-state index in [1.165, 1.54) is 19.3 Å². The zero-order valence-electron chi connectivity index (χ0n) is 10.6. The van der Waals surface area contributed by atoms with Gasteiger partial charge in [-0.15, -0.1) is 0 Å². The lowest BCUT2D eigenvalue weighted by molar-refractivity contribution is 0.0729. The molecule has 1 aromatic rings. The van der Waals surface area contributed by atoms with E-state index in [2.05, 4.69) is 6.92 Å². The second kappa shape index (κ2) is 5.54. The Hall–Kier alpha value is -1.02. The van der Waals surface area contributed by atoms with E-state index < -0.39 is 0 Å². The van der Waals surface area contributed by atoms with Gasteiger partial charge in [-0.1, -0.05) is 38.3 Å². The van der Waals surface area contributed by atoms with Crippen molar-refractivity contribution in [2.45, 2.75) is 45.1 Å². The molecular formula is C15H23NO. The van der Waals surface area contributed by atoms with Gasteiger partial charge in [0.05, 0.1) is 6.10 Å². The van der Waals surface area contributed by atoms with Crippen molar-refractivity contribution in [2.75, 3.05) is 5.73 Å². The quantitative estimate of drug-likeness (QED) is 0.785. The molecule has 1 saturated carbocycles. The van der Waals surface area contributed by atoms with Crippen molar-refractivity contribution in [3.63, 3.8) is 0 Å². The van der Waals surface area contributed by atoms with E-state index in [9.17, 15) is 5.11 Å². The fourth-order valence-electron chi connectivity index (χ4n) is 2.88. The largest absolute Gasteiger partial charge is 0.399 e. The molecule has 0 radical (unpaired) electrons. The summed E-state index contributed by atoms with van der Waals surface area (Å²) in [5.74, 6) is 1.31. The van der Waals surface area contributed by atoms with Crippen molar-refractivity contribution in [2.24, 2.45) is 11.8 Å². The lowest BCUT2D eigenvalue weighted by Crippen LogP contribution is -2.20. The van der Waals surface area contributed by atoms with Crippen molar-refractivity contribution in [1.82, 2.24) is 0 Å². The molecule has 1 aliphatic rings. The Kier molecular flexibility index (Phi) is 4.06. The molecular weight excluding hydrogens is 210 g/mol. The van der Waals surface area contributed by atoms with Crippen LogP contribution in [0.1, 0.15) is 50.7 Å². The molecule has 0 saturated heterocycles. The van der Waals surface area contributed by atoms with E-state index >= 15 is 0 Å². The number of anilines is 1. The number of benzene rings is 1. The normalized spacial score (nSPS) is 26.7. The molecule has 94 valence electrons. The van der Waals surface area contributed by atoms with Crippen LogP contribution in [0.15, 0.2) is 24.3 Å². The van der Waals surface area contributed by atoms with Crippen LogP contribution < -0.4 is 5.73 Å². The minimum atomic E-state index is -0.312.